The molecule has 0 amide bonds. The van der Waals surface area contributed by atoms with Gasteiger partial charge in [0.1, 0.15) is 5.82 Å². The van der Waals surface area contributed by atoms with E-state index in [0.29, 0.717) is 0 Å². The predicted molar refractivity (Wildman–Crippen MR) is 77.4 cm³/mol. The topological polar surface area (TPSA) is 38.0 Å². The minimum absolute atomic E-state index is 0.227. The lowest BCUT2D eigenvalue weighted by Crippen LogP contribution is -2.18. The van der Waals surface area contributed by atoms with Crippen molar-refractivity contribution < 1.29 is 4.39 Å². The third-order valence-corrected chi connectivity index (χ3v) is 3.29. The highest BCUT2D eigenvalue weighted by Gasteiger charge is 1.99. The highest BCUT2D eigenvalue weighted by atomic mass is 32.2. The number of nitrogens with one attached hydrogen (secondary N) is 1. The first-order chi connectivity index (χ1) is 8.63. The van der Waals surface area contributed by atoms with E-state index in [1.165, 1.54) is 12.1 Å². The molecule has 3 N–H and O–H groups in total. The van der Waals surface area contributed by atoms with Gasteiger partial charge in [0.2, 0.25) is 0 Å². The summed E-state index contributed by atoms with van der Waals surface area (Å²) in [5.41, 5.74) is 6.23. The number of hydrogen-bond acceptors (Lipinski definition) is 2. The zero-order valence-corrected chi connectivity index (χ0v) is 11.0. The van der Waals surface area contributed by atoms with Gasteiger partial charge in [-0.15, -0.1) is 0 Å². The van der Waals surface area contributed by atoms with E-state index >= 15 is 0 Å². The molecule has 0 unspecified atom stereocenters. The molecule has 0 aliphatic rings. The Morgan fingerprint density at radius 3 is 2.00 bits per heavy atom. The Labute approximate surface area is 114 Å². The third kappa shape index (κ3) is 3.72. The summed E-state index contributed by atoms with van der Waals surface area (Å²) in [5, 5.41) is 3.10. The summed E-state index contributed by atoms with van der Waals surface area (Å²) in [6.07, 6.45) is 0. The number of hydrogen-bond donors (Lipinski definition) is 2. The molecule has 0 spiro atoms. The number of thiocarbonyl (C=S) groups is 1. The van der Waals surface area contributed by atoms with Gasteiger partial charge in [0.25, 0.3) is 0 Å². The summed E-state index contributed by atoms with van der Waals surface area (Å²) in [6, 6.07) is 14.1. The quantitative estimate of drug-likeness (QED) is 0.841. The summed E-state index contributed by atoms with van der Waals surface area (Å²) >= 11 is 6.32. The van der Waals surface area contributed by atoms with Gasteiger partial charge in [-0.2, -0.15) is 0 Å². The number of anilines is 1. The van der Waals surface area contributed by atoms with Crippen LogP contribution < -0.4 is 11.1 Å². The smallest absolute Gasteiger partial charge is 0.168 e. The Morgan fingerprint density at radius 2 is 1.50 bits per heavy atom. The molecule has 0 fully saturated rings. The van der Waals surface area contributed by atoms with Gasteiger partial charge in [0.05, 0.1) is 0 Å². The van der Waals surface area contributed by atoms with Crippen LogP contribution in [-0.2, 0) is 0 Å². The average Bonchev–Trinajstić information content (AvgIpc) is 2.34. The van der Waals surface area contributed by atoms with Gasteiger partial charge in [-0.1, -0.05) is 11.8 Å². The monoisotopic (exact) mass is 278 g/mol. The van der Waals surface area contributed by atoms with Gasteiger partial charge in [0, 0.05) is 15.5 Å². The highest BCUT2D eigenvalue weighted by molar-refractivity contribution is 7.99. The fourth-order valence-corrected chi connectivity index (χ4v) is 2.32. The van der Waals surface area contributed by atoms with E-state index in [-0.39, 0.29) is 10.9 Å². The normalized spacial score (nSPS) is 10.1. The van der Waals surface area contributed by atoms with Crippen molar-refractivity contribution in [3.05, 3.63) is 54.3 Å². The second-order valence-corrected chi connectivity index (χ2v) is 5.16. The minimum atomic E-state index is -0.227. The summed E-state index contributed by atoms with van der Waals surface area (Å²) < 4.78 is 12.8. The van der Waals surface area contributed by atoms with Crippen LogP contribution in [0.25, 0.3) is 0 Å². The molecule has 0 heterocycles. The lowest BCUT2D eigenvalue weighted by atomic mass is 10.3. The van der Waals surface area contributed by atoms with Gasteiger partial charge in [-0.05, 0) is 60.7 Å². The number of halogens is 1. The second kappa shape index (κ2) is 5.84. The van der Waals surface area contributed by atoms with Gasteiger partial charge < -0.3 is 11.1 Å². The summed E-state index contributed by atoms with van der Waals surface area (Å²) in [7, 11) is 0. The molecular weight excluding hydrogens is 267 g/mol. The van der Waals surface area contributed by atoms with Crippen LogP contribution in [0, 0.1) is 5.82 Å². The zero-order chi connectivity index (χ0) is 13.0. The first-order valence-corrected chi connectivity index (χ1v) is 6.46. The minimum Gasteiger partial charge on any atom is -0.376 e. The molecule has 2 rings (SSSR count). The maximum atomic E-state index is 12.8. The van der Waals surface area contributed by atoms with Gasteiger partial charge in [-0.3, -0.25) is 0 Å². The van der Waals surface area contributed by atoms with Crippen molar-refractivity contribution >= 4 is 34.8 Å². The fourth-order valence-electron chi connectivity index (χ4n) is 1.39. The van der Waals surface area contributed by atoms with E-state index < -0.39 is 0 Å². The van der Waals surface area contributed by atoms with Crippen molar-refractivity contribution in [2.24, 2.45) is 5.73 Å². The zero-order valence-electron chi connectivity index (χ0n) is 9.39. The lowest BCUT2D eigenvalue weighted by molar-refractivity contribution is 0.626. The Bertz CT molecular complexity index is 538. The predicted octanol–water partition coefficient (Wildman–Crippen LogP) is 3.63. The Hall–Kier alpha value is -1.59. The van der Waals surface area contributed by atoms with Crippen LogP contribution in [0.2, 0.25) is 0 Å². The Balaban J connectivity index is 2.06. The first kappa shape index (κ1) is 12.9. The van der Waals surface area contributed by atoms with Crippen LogP contribution in [0.5, 0.6) is 0 Å². The van der Waals surface area contributed by atoms with Crippen molar-refractivity contribution in [1.82, 2.24) is 0 Å². The van der Waals surface area contributed by atoms with Gasteiger partial charge in [-0.25, -0.2) is 4.39 Å². The van der Waals surface area contributed by atoms with E-state index in [1.54, 1.807) is 23.9 Å². The van der Waals surface area contributed by atoms with E-state index in [2.05, 4.69) is 5.32 Å². The molecule has 0 aliphatic heterocycles. The van der Waals surface area contributed by atoms with Gasteiger partial charge in [0.15, 0.2) is 5.11 Å². The van der Waals surface area contributed by atoms with Crippen LogP contribution in [-0.4, -0.2) is 5.11 Å². The molecule has 18 heavy (non-hydrogen) atoms. The molecule has 0 aromatic heterocycles. The second-order valence-electron chi connectivity index (χ2n) is 3.57. The first-order valence-electron chi connectivity index (χ1n) is 5.23. The molecule has 0 saturated heterocycles. The molecule has 5 heteroatoms. The van der Waals surface area contributed by atoms with Crippen molar-refractivity contribution in [1.29, 1.82) is 0 Å². The van der Waals surface area contributed by atoms with E-state index in [0.717, 1.165) is 15.5 Å². The SMILES string of the molecule is NC(=S)Nc1ccc(Sc2ccc(F)cc2)cc1. The molecule has 0 aliphatic carbocycles. The van der Waals surface area contributed by atoms with Crippen molar-refractivity contribution in [2.75, 3.05) is 5.32 Å². The summed E-state index contributed by atoms with van der Waals surface area (Å²) in [4.78, 5) is 2.06. The van der Waals surface area contributed by atoms with Crippen LogP contribution in [0.1, 0.15) is 0 Å². The van der Waals surface area contributed by atoms with Crippen molar-refractivity contribution in [3.63, 3.8) is 0 Å². The van der Waals surface area contributed by atoms with E-state index in [4.69, 9.17) is 18.0 Å². The van der Waals surface area contributed by atoms with Crippen molar-refractivity contribution in [2.45, 2.75) is 9.79 Å². The molecule has 2 aromatic rings. The fraction of sp³-hybridized carbons (Fsp3) is 0. The molecule has 0 bridgehead atoms. The van der Waals surface area contributed by atoms with Gasteiger partial charge >= 0.3 is 0 Å². The summed E-state index contributed by atoms with van der Waals surface area (Å²) in [5.74, 6) is -0.227. The highest BCUT2D eigenvalue weighted by Crippen LogP contribution is 2.28. The van der Waals surface area contributed by atoms with Crippen LogP contribution in [0.4, 0.5) is 10.1 Å². The van der Waals surface area contributed by atoms with Crippen LogP contribution in [0.15, 0.2) is 58.3 Å². The van der Waals surface area contributed by atoms with Crippen LogP contribution >= 0.6 is 24.0 Å². The molecular formula is C13H11FN2S2. The largest absolute Gasteiger partial charge is 0.376 e. The molecule has 92 valence electrons. The molecule has 2 nitrogen and oxygen atoms in total. The molecule has 0 atom stereocenters. The molecule has 2 aromatic carbocycles. The number of rotatable bonds is 3. The van der Waals surface area contributed by atoms with E-state index in [1.807, 2.05) is 24.3 Å². The Kier molecular flexibility index (Phi) is 4.17. The summed E-state index contributed by atoms with van der Waals surface area (Å²) in [6.45, 7) is 0. The maximum Gasteiger partial charge on any atom is 0.168 e. The van der Waals surface area contributed by atoms with Crippen LogP contribution in [0.3, 0.4) is 0 Å². The van der Waals surface area contributed by atoms with E-state index in [9.17, 15) is 4.39 Å². The third-order valence-electron chi connectivity index (χ3n) is 2.17. The Morgan fingerprint density at radius 1 is 1.00 bits per heavy atom. The molecule has 0 radical (unpaired) electrons. The number of benzene rings is 2. The molecule has 0 saturated carbocycles. The van der Waals surface area contributed by atoms with Crippen molar-refractivity contribution in [3.8, 4) is 0 Å². The average molecular weight is 278 g/mol. The number of nitrogens with two attached hydrogens (primary N) is 1. The maximum absolute atomic E-state index is 12.8. The lowest BCUT2D eigenvalue weighted by Gasteiger charge is -2.05. The standard InChI is InChI=1S/C13H11FN2S2/c14-9-1-5-11(6-2-9)18-12-7-3-10(4-8-12)16-13(15)17/h1-8H,(H3,15,16,17).